The first kappa shape index (κ1) is 16.4. The van der Waals surface area contributed by atoms with Gasteiger partial charge in [0.2, 0.25) is 5.91 Å². The summed E-state index contributed by atoms with van der Waals surface area (Å²) in [6.45, 7) is 7.94. The fourth-order valence-electron chi connectivity index (χ4n) is 2.24. The minimum absolute atomic E-state index is 0.129. The zero-order valence-corrected chi connectivity index (χ0v) is 13.8. The number of halogens is 1. The first-order valence-electron chi connectivity index (χ1n) is 7.40. The zero-order chi connectivity index (χ0) is 16.1. The molecule has 6 heteroatoms. The summed E-state index contributed by atoms with van der Waals surface area (Å²) >= 11 is 5.82. The molecule has 1 unspecified atom stereocenters. The summed E-state index contributed by atoms with van der Waals surface area (Å²) in [5.41, 5.74) is 1.92. The molecule has 1 heterocycles. The number of anilines is 2. The van der Waals surface area contributed by atoms with Crippen LogP contribution >= 0.6 is 11.6 Å². The summed E-state index contributed by atoms with van der Waals surface area (Å²) in [7, 11) is 0. The molecule has 0 spiro atoms. The second-order valence-electron chi connectivity index (χ2n) is 5.02. The summed E-state index contributed by atoms with van der Waals surface area (Å²) in [5.74, 6) is -0.129. The maximum absolute atomic E-state index is 12.2. The SMILES string of the molecule is CCN(CC)c1ccc(NC(=O)C(C)n2cc(Cl)cn2)cc1. The highest BCUT2D eigenvalue weighted by Gasteiger charge is 2.16. The van der Waals surface area contributed by atoms with Crippen LogP contribution in [0.5, 0.6) is 0 Å². The molecule has 0 saturated heterocycles. The Morgan fingerprint density at radius 2 is 1.95 bits per heavy atom. The number of amides is 1. The molecule has 5 nitrogen and oxygen atoms in total. The van der Waals surface area contributed by atoms with Gasteiger partial charge >= 0.3 is 0 Å². The lowest BCUT2D eigenvalue weighted by atomic mass is 10.2. The van der Waals surface area contributed by atoms with Crippen LogP contribution in [0.4, 0.5) is 11.4 Å². The van der Waals surface area contributed by atoms with Crippen molar-refractivity contribution < 1.29 is 4.79 Å². The molecule has 1 aromatic carbocycles. The van der Waals surface area contributed by atoms with E-state index in [-0.39, 0.29) is 5.91 Å². The molecule has 0 aliphatic heterocycles. The lowest BCUT2D eigenvalue weighted by molar-refractivity contribution is -0.119. The average molecular weight is 321 g/mol. The molecule has 1 aromatic heterocycles. The van der Waals surface area contributed by atoms with Gasteiger partial charge in [0.25, 0.3) is 0 Å². The molecule has 0 fully saturated rings. The van der Waals surface area contributed by atoms with Crippen molar-refractivity contribution in [1.29, 1.82) is 0 Å². The fraction of sp³-hybridized carbons (Fsp3) is 0.375. The van der Waals surface area contributed by atoms with E-state index in [0.29, 0.717) is 5.02 Å². The number of rotatable bonds is 6. The predicted molar refractivity (Wildman–Crippen MR) is 90.6 cm³/mol. The maximum Gasteiger partial charge on any atom is 0.248 e. The van der Waals surface area contributed by atoms with Crippen molar-refractivity contribution in [2.45, 2.75) is 26.8 Å². The number of nitrogens with zero attached hydrogens (tertiary/aromatic N) is 3. The van der Waals surface area contributed by atoms with E-state index in [1.165, 1.54) is 6.20 Å². The van der Waals surface area contributed by atoms with Gasteiger partial charge < -0.3 is 10.2 Å². The second kappa shape index (κ2) is 7.31. The predicted octanol–water partition coefficient (Wildman–Crippen LogP) is 3.58. The van der Waals surface area contributed by atoms with E-state index in [2.05, 4.69) is 29.2 Å². The fourth-order valence-corrected chi connectivity index (χ4v) is 2.38. The highest BCUT2D eigenvalue weighted by molar-refractivity contribution is 6.30. The minimum Gasteiger partial charge on any atom is -0.372 e. The van der Waals surface area contributed by atoms with Gasteiger partial charge in [-0.3, -0.25) is 9.48 Å². The molecular formula is C16H21ClN4O. The smallest absolute Gasteiger partial charge is 0.248 e. The van der Waals surface area contributed by atoms with Crippen molar-refractivity contribution in [2.75, 3.05) is 23.3 Å². The molecule has 0 aliphatic carbocycles. The molecule has 1 atom stereocenters. The van der Waals surface area contributed by atoms with Crippen LogP contribution in [-0.4, -0.2) is 28.8 Å². The Hall–Kier alpha value is -2.01. The van der Waals surface area contributed by atoms with E-state index in [1.54, 1.807) is 17.8 Å². The van der Waals surface area contributed by atoms with Gasteiger partial charge in [-0.1, -0.05) is 11.6 Å². The first-order chi connectivity index (χ1) is 10.5. The molecular weight excluding hydrogens is 300 g/mol. The van der Waals surface area contributed by atoms with Crippen LogP contribution in [-0.2, 0) is 4.79 Å². The van der Waals surface area contributed by atoms with Gasteiger partial charge in [0.15, 0.2) is 0 Å². The Bertz CT molecular complexity index is 619. The number of carbonyl (C=O) groups is 1. The summed E-state index contributed by atoms with van der Waals surface area (Å²) in [6, 6.07) is 7.42. The maximum atomic E-state index is 12.2. The first-order valence-corrected chi connectivity index (χ1v) is 7.78. The Kier molecular flexibility index (Phi) is 5.44. The molecule has 22 heavy (non-hydrogen) atoms. The van der Waals surface area contributed by atoms with Crippen molar-refractivity contribution in [3.63, 3.8) is 0 Å². The van der Waals surface area contributed by atoms with Gasteiger partial charge in [-0.15, -0.1) is 0 Å². The van der Waals surface area contributed by atoms with E-state index in [4.69, 9.17) is 11.6 Å². The van der Waals surface area contributed by atoms with Crippen LogP contribution in [0.1, 0.15) is 26.8 Å². The van der Waals surface area contributed by atoms with Crippen LogP contribution in [0.2, 0.25) is 5.02 Å². The van der Waals surface area contributed by atoms with E-state index in [0.717, 1.165) is 24.5 Å². The quantitative estimate of drug-likeness (QED) is 0.885. The van der Waals surface area contributed by atoms with Gasteiger partial charge in [0, 0.05) is 30.7 Å². The molecule has 118 valence electrons. The normalized spacial score (nSPS) is 12.0. The van der Waals surface area contributed by atoms with Crippen molar-refractivity contribution in [3.05, 3.63) is 41.7 Å². The summed E-state index contributed by atoms with van der Waals surface area (Å²) in [5, 5.41) is 7.46. The largest absolute Gasteiger partial charge is 0.372 e. The Morgan fingerprint density at radius 1 is 1.32 bits per heavy atom. The third kappa shape index (κ3) is 3.80. The molecule has 0 bridgehead atoms. The van der Waals surface area contributed by atoms with Gasteiger partial charge in [0.05, 0.1) is 11.2 Å². The third-order valence-corrected chi connectivity index (χ3v) is 3.80. The van der Waals surface area contributed by atoms with Crippen LogP contribution in [0.15, 0.2) is 36.7 Å². The van der Waals surface area contributed by atoms with Gasteiger partial charge in [-0.25, -0.2) is 0 Å². The van der Waals surface area contributed by atoms with E-state index >= 15 is 0 Å². The number of carbonyl (C=O) groups excluding carboxylic acids is 1. The highest BCUT2D eigenvalue weighted by Crippen LogP contribution is 2.19. The summed E-state index contributed by atoms with van der Waals surface area (Å²) in [4.78, 5) is 14.5. The Morgan fingerprint density at radius 3 is 2.45 bits per heavy atom. The number of hydrogen-bond acceptors (Lipinski definition) is 3. The number of nitrogens with one attached hydrogen (secondary N) is 1. The Labute approximate surface area is 135 Å². The van der Waals surface area contributed by atoms with Crippen LogP contribution in [0, 0.1) is 0 Å². The monoisotopic (exact) mass is 320 g/mol. The standard InChI is InChI=1S/C16H21ClN4O/c1-4-20(5-2)15-8-6-14(7-9-15)19-16(22)12(3)21-11-13(17)10-18-21/h6-12H,4-5H2,1-3H3,(H,19,22). The van der Waals surface area contributed by atoms with Gasteiger partial charge in [-0.2, -0.15) is 5.10 Å². The topological polar surface area (TPSA) is 50.2 Å². The molecule has 2 aromatic rings. The zero-order valence-electron chi connectivity index (χ0n) is 13.1. The van der Waals surface area contributed by atoms with E-state index in [1.807, 2.05) is 24.3 Å². The summed E-state index contributed by atoms with van der Waals surface area (Å²) in [6.07, 6.45) is 3.15. The van der Waals surface area contributed by atoms with E-state index in [9.17, 15) is 4.79 Å². The van der Waals surface area contributed by atoms with Gasteiger partial charge in [0.1, 0.15) is 6.04 Å². The molecule has 1 amide bonds. The second-order valence-corrected chi connectivity index (χ2v) is 5.46. The van der Waals surface area contributed by atoms with Crippen molar-refractivity contribution in [2.24, 2.45) is 0 Å². The van der Waals surface area contributed by atoms with Crippen LogP contribution in [0.3, 0.4) is 0 Å². The molecule has 0 radical (unpaired) electrons. The number of benzene rings is 1. The van der Waals surface area contributed by atoms with Gasteiger partial charge in [-0.05, 0) is 45.0 Å². The van der Waals surface area contributed by atoms with Crippen LogP contribution in [0.25, 0.3) is 0 Å². The average Bonchev–Trinajstić information content (AvgIpc) is 2.96. The number of hydrogen-bond donors (Lipinski definition) is 1. The minimum atomic E-state index is -0.421. The van der Waals surface area contributed by atoms with Crippen molar-refractivity contribution in [3.8, 4) is 0 Å². The van der Waals surface area contributed by atoms with Crippen molar-refractivity contribution >= 4 is 28.9 Å². The molecule has 0 saturated carbocycles. The summed E-state index contributed by atoms with van der Waals surface area (Å²) < 4.78 is 1.54. The van der Waals surface area contributed by atoms with E-state index < -0.39 is 6.04 Å². The lowest BCUT2D eigenvalue weighted by Crippen LogP contribution is -2.24. The molecule has 1 N–H and O–H groups in total. The Balaban J connectivity index is 2.02. The lowest BCUT2D eigenvalue weighted by Gasteiger charge is -2.21. The third-order valence-electron chi connectivity index (χ3n) is 3.61. The molecule has 0 aliphatic rings. The molecule has 2 rings (SSSR count). The van der Waals surface area contributed by atoms with Crippen molar-refractivity contribution in [1.82, 2.24) is 9.78 Å². The highest BCUT2D eigenvalue weighted by atomic mass is 35.5. The van der Waals surface area contributed by atoms with Crippen LogP contribution < -0.4 is 10.2 Å². The number of aromatic nitrogens is 2.